The van der Waals surface area contributed by atoms with E-state index in [1.165, 1.54) is 24.9 Å². The largest absolute Gasteiger partial charge is 0.456 e. The van der Waals surface area contributed by atoms with Crippen molar-refractivity contribution in [1.82, 2.24) is 4.98 Å². The molecule has 4 nitrogen and oxygen atoms in total. The summed E-state index contributed by atoms with van der Waals surface area (Å²) in [6.07, 6.45) is 0. The first-order valence-corrected chi connectivity index (χ1v) is 17.8. The Hall–Kier alpha value is -5.95. The zero-order chi connectivity index (χ0) is 32.1. The van der Waals surface area contributed by atoms with E-state index in [-0.39, 0.29) is 0 Å². The van der Waals surface area contributed by atoms with Gasteiger partial charge in [0, 0.05) is 69.4 Å². The lowest BCUT2D eigenvalue weighted by Gasteiger charge is -2.26. The predicted molar refractivity (Wildman–Crippen MR) is 207 cm³/mol. The number of furan rings is 1. The molecule has 0 unspecified atom stereocenters. The third kappa shape index (κ3) is 4.05. The lowest BCUT2D eigenvalue weighted by molar-refractivity contribution is 0.623. The Bertz CT molecular complexity index is 3080. The second kappa shape index (κ2) is 10.3. The average molecular weight is 665 g/mol. The number of rotatable bonds is 4. The summed E-state index contributed by atoms with van der Waals surface area (Å²) >= 11 is 3.62. The minimum Gasteiger partial charge on any atom is -0.456 e. The molecule has 49 heavy (non-hydrogen) atoms. The summed E-state index contributed by atoms with van der Waals surface area (Å²) in [5, 5.41) is 6.98. The summed E-state index contributed by atoms with van der Waals surface area (Å²) < 4.78 is 18.0. The van der Waals surface area contributed by atoms with Crippen molar-refractivity contribution in [3.8, 4) is 11.5 Å². The molecule has 0 aliphatic carbocycles. The van der Waals surface area contributed by atoms with Gasteiger partial charge in [-0.1, -0.05) is 72.8 Å². The van der Waals surface area contributed by atoms with Crippen molar-refractivity contribution in [3.63, 3.8) is 0 Å². The van der Waals surface area contributed by atoms with Gasteiger partial charge in [0.1, 0.15) is 16.7 Å². The first-order valence-electron chi connectivity index (χ1n) is 16.2. The van der Waals surface area contributed by atoms with Crippen molar-refractivity contribution in [1.29, 1.82) is 0 Å². The van der Waals surface area contributed by atoms with Gasteiger partial charge in [-0.2, -0.15) is 0 Å². The molecule has 0 amide bonds. The summed E-state index contributed by atoms with van der Waals surface area (Å²) in [5.74, 6) is 0.616. The van der Waals surface area contributed by atoms with Crippen LogP contribution in [0, 0.1) is 0 Å². The number of benzene rings is 7. The van der Waals surface area contributed by atoms with Crippen LogP contribution in [0.4, 0.5) is 17.1 Å². The van der Waals surface area contributed by atoms with Gasteiger partial charge in [0.05, 0.1) is 10.4 Å². The van der Waals surface area contributed by atoms with Gasteiger partial charge in [0.25, 0.3) is 0 Å². The molecule has 0 aliphatic rings. The predicted octanol–water partition coefficient (Wildman–Crippen LogP) is 13.6. The maximum atomic E-state index is 6.63. The number of hydrogen-bond donors (Lipinski definition) is 0. The Morgan fingerprint density at radius 1 is 0.490 bits per heavy atom. The number of oxazole rings is 1. The van der Waals surface area contributed by atoms with E-state index in [0.717, 1.165) is 71.1 Å². The normalized spacial score (nSPS) is 12.1. The smallest absolute Gasteiger partial charge is 0.227 e. The van der Waals surface area contributed by atoms with E-state index in [0.29, 0.717) is 5.89 Å². The van der Waals surface area contributed by atoms with E-state index >= 15 is 0 Å². The Balaban J connectivity index is 1.24. The van der Waals surface area contributed by atoms with E-state index in [1.807, 2.05) is 53.8 Å². The summed E-state index contributed by atoms with van der Waals surface area (Å²) in [7, 11) is 0. The second-order valence-corrected chi connectivity index (χ2v) is 14.5. The molecule has 0 radical (unpaired) electrons. The van der Waals surface area contributed by atoms with E-state index in [1.54, 1.807) is 11.3 Å². The van der Waals surface area contributed by atoms with Gasteiger partial charge in [-0.25, -0.2) is 4.98 Å². The van der Waals surface area contributed by atoms with Crippen molar-refractivity contribution in [2.24, 2.45) is 0 Å². The Morgan fingerprint density at radius 2 is 1.16 bits per heavy atom. The van der Waals surface area contributed by atoms with Gasteiger partial charge in [-0.15, -0.1) is 22.7 Å². The standard InChI is InChI=1S/C43H24N2O2S2/c1-2-10-25(11-3-1)43-44-33-24-34(42-40(41(33)47-43)31-14-6-9-17-38(31)49-42)45(26-19-21-39-32(22-26)30-13-5-8-16-37(30)48-39)27-18-20-29-28-12-4-7-15-35(28)46-36(29)23-27/h1-24H. The van der Waals surface area contributed by atoms with Gasteiger partial charge in [0.15, 0.2) is 5.58 Å². The highest BCUT2D eigenvalue weighted by molar-refractivity contribution is 7.26. The molecule has 6 heteroatoms. The fourth-order valence-electron chi connectivity index (χ4n) is 7.26. The average Bonchev–Trinajstić information content (AvgIpc) is 3.93. The molecule has 0 aliphatic heterocycles. The minimum absolute atomic E-state index is 0.616. The fourth-order valence-corrected chi connectivity index (χ4v) is 9.55. The molecular weight excluding hydrogens is 641 g/mol. The van der Waals surface area contributed by atoms with Crippen LogP contribution in [0.15, 0.2) is 154 Å². The molecule has 4 heterocycles. The molecule has 0 bridgehead atoms. The lowest BCUT2D eigenvalue weighted by Crippen LogP contribution is -2.10. The highest BCUT2D eigenvalue weighted by atomic mass is 32.1. The first kappa shape index (κ1) is 27.0. The summed E-state index contributed by atoms with van der Waals surface area (Å²) in [6, 6.07) is 51.2. The van der Waals surface area contributed by atoms with Crippen molar-refractivity contribution in [3.05, 3.63) is 146 Å². The van der Waals surface area contributed by atoms with Crippen LogP contribution in [0.5, 0.6) is 0 Å². The highest BCUT2D eigenvalue weighted by Crippen LogP contribution is 2.50. The molecule has 11 aromatic rings. The number of thiophene rings is 2. The summed E-state index contributed by atoms with van der Waals surface area (Å²) in [5.41, 5.74) is 7.44. The SMILES string of the molecule is c1ccc(-c2nc3cc(N(c4ccc5c(c4)oc4ccccc45)c4ccc5sc6ccccc6c5c4)c4sc5ccccc5c4c3o2)cc1. The van der Waals surface area contributed by atoms with E-state index < -0.39 is 0 Å². The Kier molecular flexibility index (Phi) is 5.67. The van der Waals surface area contributed by atoms with Gasteiger partial charge >= 0.3 is 0 Å². The third-order valence-electron chi connectivity index (χ3n) is 9.48. The van der Waals surface area contributed by atoms with Crippen LogP contribution in [-0.2, 0) is 0 Å². The molecule has 4 aromatic heterocycles. The van der Waals surface area contributed by atoms with Crippen LogP contribution in [0.2, 0.25) is 0 Å². The second-order valence-electron chi connectivity index (χ2n) is 12.3. The summed E-state index contributed by atoms with van der Waals surface area (Å²) in [6.45, 7) is 0. The summed E-state index contributed by atoms with van der Waals surface area (Å²) in [4.78, 5) is 7.47. The number of nitrogens with zero attached hydrogens (tertiary/aromatic N) is 2. The zero-order valence-corrected chi connectivity index (χ0v) is 27.5. The minimum atomic E-state index is 0.616. The van der Waals surface area contributed by atoms with Crippen LogP contribution in [0.25, 0.3) is 84.8 Å². The van der Waals surface area contributed by atoms with Gasteiger partial charge in [-0.3, -0.25) is 0 Å². The van der Waals surface area contributed by atoms with E-state index in [2.05, 4.69) is 108 Å². The van der Waals surface area contributed by atoms with Crippen LogP contribution in [0.1, 0.15) is 0 Å². The Labute approximate surface area is 287 Å². The molecule has 0 saturated carbocycles. The third-order valence-corrected chi connectivity index (χ3v) is 11.8. The molecule has 0 fully saturated rings. The van der Waals surface area contributed by atoms with Crippen LogP contribution in [-0.4, -0.2) is 4.98 Å². The molecule has 0 atom stereocenters. The Morgan fingerprint density at radius 3 is 2.04 bits per heavy atom. The van der Waals surface area contributed by atoms with Crippen molar-refractivity contribution >= 4 is 113 Å². The van der Waals surface area contributed by atoms with Crippen LogP contribution in [0.3, 0.4) is 0 Å². The number of anilines is 3. The quantitative estimate of drug-likeness (QED) is 0.188. The molecule has 230 valence electrons. The number of fused-ring (bicyclic) bond motifs is 11. The van der Waals surface area contributed by atoms with Gasteiger partial charge in [-0.05, 0) is 66.7 Å². The molecule has 0 spiro atoms. The molecule has 0 N–H and O–H groups in total. The van der Waals surface area contributed by atoms with Gasteiger partial charge in [0.2, 0.25) is 5.89 Å². The number of para-hydroxylation sites is 1. The van der Waals surface area contributed by atoms with Crippen molar-refractivity contribution in [2.45, 2.75) is 0 Å². The molecule has 7 aromatic carbocycles. The highest BCUT2D eigenvalue weighted by Gasteiger charge is 2.25. The van der Waals surface area contributed by atoms with Crippen molar-refractivity contribution in [2.75, 3.05) is 4.90 Å². The molecular formula is C43H24N2O2S2. The van der Waals surface area contributed by atoms with E-state index in [4.69, 9.17) is 13.8 Å². The molecule has 0 saturated heterocycles. The number of aromatic nitrogens is 1. The fraction of sp³-hybridized carbons (Fsp3) is 0. The maximum absolute atomic E-state index is 6.63. The maximum Gasteiger partial charge on any atom is 0.227 e. The van der Waals surface area contributed by atoms with Crippen LogP contribution < -0.4 is 4.90 Å². The molecule has 11 rings (SSSR count). The van der Waals surface area contributed by atoms with Crippen LogP contribution >= 0.6 is 22.7 Å². The monoisotopic (exact) mass is 664 g/mol. The lowest BCUT2D eigenvalue weighted by atomic mass is 10.1. The van der Waals surface area contributed by atoms with Crippen molar-refractivity contribution < 1.29 is 8.83 Å². The first-order chi connectivity index (χ1) is 24.3. The zero-order valence-electron chi connectivity index (χ0n) is 25.9. The topological polar surface area (TPSA) is 42.4 Å². The van der Waals surface area contributed by atoms with E-state index in [9.17, 15) is 0 Å². The number of hydrogen-bond acceptors (Lipinski definition) is 6. The van der Waals surface area contributed by atoms with Gasteiger partial charge < -0.3 is 13.7 Å².